The van der Waals surface area contributed by atoms with Crippen LogP contribution in [-0.4, -0.2) is 15.3 Å². The van der Waals surface area contributed by atoms with Crippen molar-refractivity contribution in [1.82, 2.24) is 10.0 Å². The maximum absolute atomic E-state index is 9.67. The minimum atomic E-state index is 0.595. The van der Waals surface area contributed by atoms with Crippen molar-refractivity contribution in [2.24, 2.45) is 10.2 Å². The van der Waals surface area contributed by atoms with Crippen LogP contribution in [0.2, 0.25) is 0 Å². The summed E-state index contributed by atoms with van der Waals surface area (Å²) < 4.78 is 1.08. The Bertz CT molecular complexity index is 724. The molecule has 0 unspecified atom stereocenters. The van der Waals surface area contributed by atoms with E-state index in [9.17, 15) is 5.21 Å². The predicted octanol–water partition coefficient (Wildman–Crippen LogP) is 4.39. The van der Waals surface area contributed by atoms with Crippen molar-refractivity contribution in [3.63, 3.8) is 0 Å². The standard InChI is InChI=1S/C14H12N4OS/c1-10(12-7-4-5-9-18(12)19)16-17-14-15-11-6-2-3-8-13(11)20-14/h2-9,19H,1H3/b12-10+,17-16?. The molecule has 2 aromatic rings. The van der Waals surface area contributed by atoms with Crippen LogP contribution in [0.15, 0.2) is 70.3 Å². The van der Waals surface area contributed by atoms with Crippen LogP contribution >= 0.6 is 11.3 Å². The summed E-state index contributed by atoms with van der Waals surface area (Å²) in [5.74, 6) is 0. The van der Waals surface area contributed by atoms with Gasteiger partial charge in [0.05, 0.1) is 21.6 Å². The van der Waals surface area contributed by atoms with Gasteiger partial charge in [-0.1, -0.05) is 29.5 Å². The second-order valence-corrected chi connectivity index (χ2v) is 5.19. The summed E-state index contributed by atoms with van der Waals surface area (Å²) >= 11 is 1.48. The first-order valence-corrected chi connectivity index (χ1v) is 6.87. The van der Waals surface area contributed by atoms with Gasteiger partial charge < -0.3 is 0 Å². The highest BCUT2D eigenvalue weighted by Crippen LogP contribution is 2.28. The van der Waals surface area contributed by atoms with Crippen molar-refractivity contribution in [1.29, 1.82) is 0 Å². The van der Waals surface area contributed by atoms with Crippen LogP contribution in [0.1, 0.15) is 6.92 Å². The summed E-state index contributed by atoms with van der Waals surface area (Å²) in [4.78, 5) is 4.38. The van der Waals surface area contributed by atoms with E-state index >= 15 is 0 Å². The second kappa shape index (κ2) is 5.36. The van der Waals surface area contributed by atoms with Crippen LogP contribution < -0.4 is 0 Å². The van der Waals surface area contributed by atoms with E-state index in [2.05, 4.69) is 15.2 Å². The molecule has 1 N–H and O–H groups in total. The topological polar surface area (TPSA) is 61.1 Å². The van der Waals surface area contributed by atoms with Crippen LogP contribution in [-0.2, 0) is 0 Å². The average Bonchev–Trinajstić information content (AvgIpc) is 2.88. The number of allylic oxidation sites excluding steroid dienone is 4. The third kappa shape index (κ3) is 2.52. The van der Waals surface area contributed by atoms with Crippen LogP contribution in [0.25, 0.3) is 10.2 Å². The number of benzene rings is 1. The van der Waals surface area contributed by atoms with Gasteiger partial charge in [0.15, 0.2) is 0 Å². The van der Waals surface area contributed by atoms with Gasteiger partial charge >= 0.3 is 0 Å². The van der Waals surface area contributed by atoms with E-state index in [0.29, 0.717) is 16.5 Å². The first-order valence-electron chi connectivity index (χ1n) is 6.05. The van der Waals surface area contributed by atoms with Crippen molar-refractivity contribution in [3.8, 4) is 0 Å². The van der Waals surface area contributed by atoms with Crippen molar-refractivity contribution >= 4 is 26.7 Å². The number of hydrogen-bond donors (Lipinski definition) is 1. The molecule has 0 radical (unpaired) electrons. The number of rotatable bonds is 2. The SMILES string of the molecule is C/C(N=Nc1nc2ccccc2s1)=C1/C=CC=CN1O. The zero-order valence-electron chi connectivity index (χ0n) is 10.8. The Labute approximate surface area is 119 Å². The van der Waals surface area contributed by atoms with Gasteiger partial charge in [-0.2, -0.15) is 5.11 Å². The lowest BCUT2D eigenvalue weighted by Crippen LogP contribution is -2.12. The first kappa shape index (κ1) is 12.7. The first-order chi connectivity index (χ1) is 9.74. The fraction of sp³-hybridized carbons (Fsp3) is 0.0714. The molecule has 6 heteroatoms. The van der Waals surface area contributed by atoms with Crippen molar-refractivity contribution < 1.29 is 5.21 Å². The van der Waals surface area contributed by atoms with Crippen LogP contribution in [0, 0.1) is 0 Å². The van der Waals surface area contributed by atoms with Gasteiger partial charge in [0.2, 0.25) is 5.13 Å². The average molecular weight is 284 g/mol. The molecule has 2 heterocycles. The van der Waals surface area contributed by atoms with Gasteiger partial charge in [-0.15, -0.1) is 5.11 Å². The fourth-order valence-electron chi connectivity index (χ4n) is 1.79. The Morgan fingerprint density at radius 1 is 1.30 bits per heavy atom. The molecule has 0 bridgehead atoms. The largest absolute Gasteiger partial charge is 0.284 e. The highest BCUT2D eigenvalue weighted by Gasteiger charge is 2.07. The monoisotopic (exact) mass is 284 g/mol. The normalized spacial score (nSPS) is 17.4. The molecule has 1 aromatic carbocycles. The minimum absolute atomic E-state index is 0.595. The van der Waals surface area contributed by atoms with E-state index in [1.165, 1.54) is 11.3 Å². The van der Waals surface area contributed by atoms with Crippen molar-refractivity contribution in [2.75, 3.05) is 0 Å². The zero-order chi connectivity index (χ0) is 13.9. The number of hydrogen-bond acceptors (Lipinski definition) is 6. The highest BCUT2D eigenvalue weighted by molar-refractivity contribution is 7.21. The van der Waals surface area contributed by atoms with E-state index < -0.39 is 0 Å². The Kier molecular flexibility index (Phi) is 3.41. The van der Waals surface area contributed by atoms with Gasteiger partial charge in [0, 0.05) is 6.20 Å². The molecule has 0 saturated carbocycles. The van der Waals surface area contributed by atoms with E-state index in [1.54, 1.807) is 25.3 Å². The lowest BCUT2D eigenvalue weighted by molar-refractivity contribution is -0.00149. The molecule has 0 amide bonds. The van der Waals surface area contributed by atoms with Gasteiger partial charge in [-0.05, 0) is 31.2 Å². The lowest BCUT2D eigenvalue weighted by Gasteiger charge is -2.16. The molecule has 5 nitrogen and oxygen atoms in total. The molecule has 0 aliphatic carbocycles. The number of para-hydroxylation sites is 1. The summed E-state index contributed by atoms with van der Waals surface area (Å²) in [6, 6.07) is 7.86. The number of thiazole rings is 1. The second-order valence-electron chi connectivity index (χ2n) is 4.18. The molecular formula is C14H12N4OS. The molecule has 3 rings (SSSR count). The third-order valence-electron chi connectivity index (χ3n) is 2.78. The molecule has 0 saturated heterocycles. The van der Waals surface area contributed by atoms with Gasteiger partial charge in [-0.3, -0.25) is 5.21 Å². The lowest BCUT2D eigenvalue weighted by atomic mass is 10.2. The summed E-state index contributed by atoms with van der Waals surface area (Å²) in [5.41, 5.74) is 2.13. The maximum Gasteiger partial charge on any atom is 0.231 e. The Balaban J connectivity index is 1.88. The van der Waals surface area contributed by atoms with E-state index in [-0.39, 0.29) is 0 Å². The molecular weight excluding hydrogens is 272 g/mol. The fourth-order valence-corrected chi connectivity index (χ4v) is 2.58. The summed E-state index contributed by atoms with van der Waals surface area (Å²) in [6.07, 6.45) is 6.89. The minimum Gasteiger partial charge on any atom is -0.284 e. The molecule has 0 spiro atoms. The van der Waals surface area contributed by atoms with Crippen LogP contribution in [0.3, 0.4) is 0 Å². The van der Waals surface area contributed by atoms with Crippen molar-refractivity contribution in [2.45, 2.75) is 6.92 Å². The molecule has 1 aliphatic heterocycles. The smallest absolute Gasteiger partial charge is 0.231 e. The number of hydroxylamine groups is 2. The van der Waals surface area contributed by atoms with Crippen LogP contribution in [0.5, 0.6) is 0 Å². The van der Waals surface area contributed by atoms with Gasteiger partial charge in [0.25, 0.3) is 0 Å². The predicted molar refractivity (Wildman–Crippen MR) is 78.7 cm³/mol. The maximum atomic E-state index is 9.67. The van der Waals surface area contributed by atoms with E-state index in [1.807, 2.05) is 30.3 Å². The third-order valence-corrected chi connectivity index (χ3v) is 3.70. The molecule has 1 aromatic heterocycles. The van der Waals surface area contributed by atoms with Gasteiger partial charge in [0.1, 0.15) is 0 Å². The number of aromatic nitrogens is 1. The molecule has 1 aliphatic rings. The van der Waals surface area contributed by atoms with Gasteiger partial charge in [-0.25, -0.2) is 10.0 Å². The van der Waals surface area contributed by atoms with E-state index in [0.717, 1.165) is 15.3 Å². The zero-order valence-corrected chi connectivity index (χ0v) is 11.6. The molecule has 0 fully saturated rings. The highest BCUT2D eigenvalue weighted by atomic mass is 32.1. The Morgan fingerprint density at radius 3 is 2.95 bits per heavy atom. The van der Waals surface area contributed by atoms with Crippen molar-refractivity contribution in [3.05, 3.63) is 60.1 Å². The molecule has 100 valence electrons. The number of nitrogens with zero attached hydrogens (tertiary/aromatic N) is 4. The van der Waals surface area contributed by atoms with E-state index in [4.69, 9.17) is 0 Å². The Morgan fingerprint density at radius 2 is 2.15 bits per heavy atom. The van der Waals surface area contributed by atoms with Crippen LogP contribution in [0.4, 0.5) is 5.13 Å². The summed E-state index contributed by atoms with van der Waals surface area (Å²) in [5, 5.41) is 19.6. The quantitative estimate of drug-likeness (QED) is 0.832. The number of fused-ring (bicyclic) bond motifs is 1. The molecule has 0 atom stereocenters. The number of azo groups is 1. The molecule has 20 heavy (non-hydrogen) atoms. The summed E-state index contributed by atoms with van der Waals surface area (Å²) in [7, 11) is 0. The Hall–Kier alpha value is -2.31. The summed E-state index contributed by atoms with van der Waals surface area (Å²) in [6.45, 7) is 1.79.